The second-order valence-corrected chi connectivity index (χ2v) is 13.6. The van der Waals surface area contributed by atoms with Gasteiger partial charge >= 0.3 is 23.9 Å². The van der Waals surface area contributed by atoms with Crippen LogP contribution in [0.3, 0.4) is 0 Å². The molecule has 8 aromatic rings. The molecule has 60 heavy (non-hydrogen) atoms. The molecule has 0 unspecified atom stereocenters. The maximum absolute atomic E-state index is 12.2. The van der Waals surface area contributed by atoms with E-state index in [2.05, 4.69) is 0 Å². The zero-order valence-electron chi connectivity index (χ0n) is 32.8. The van der Waals surface area contributed by atoms with Crippen molar-refractivity contribution in [3.8, 4) is 79.2 Å². The van der Waals surface area contributed by atoms with Crippen LogP contribution < -0.4 is 18.9 Å². The maximum Gasteiger partial charge on any atom is 0.308 e. The number of aromatic nitrogens is 4. The van der Waals surface area contributed by atoms with Crippen LogP contribution in [0.1, 0.15) is 27.7 Å². The van der Waals surface area contributed by atoms with Gasteiger partial charge in [-0.2, -0.15) is 0 Å². The summed E-state index contributed by atoms with van der Waals surface area (Å²) in [5.41, 5.74) is 7.46. The van der Waals surface area contributed by atoms with Gasteiger partial charge in [0.25, 0.3) is 0 Å². The Morgan fingerprint density at radius 1 is 0.333 bits per heavy atom. The number of benzene rings is 6. The van der Waals surface area contributed by atoms with Gasteiger partial charge in [-0.15, -0.1) is 0 Å². The van der Waals surface area contributed by atoms with E-state index in [0.717, 1.165) is 11.1 Å². The number of para-hydroxylation sites is 4. The van der Waals surface area contributed by atoms with Crippen molar-refractivity contribution >= 4 is 45.9 Å². The molecule has 0 saturated heterocycles. The number of nitrogens with zero attached hydrogens (tertiary/aromatic N) is 4. The molecule has 0 fully saturated rings. The summed E-state index contributed by atoms with van der Waals surface area (Å²) < 4.78 is 22.4. The molecule has 294 valence electrons. The molecule has 0 aliphatic carbocycles. The minimum atomic E-state index is -0.501. The van der Waals surface area contributed by atoms with Crippen LogP contribution in [0.4, 0.5) is 0 Å². The Morgan fingerprint density at radius 2 is 0.583 bits per heavy atom. The molecule has 2 aromatic heterocycles. The largest absolute Gasteiger partial charge is 0.426 e. The van der Waals surface area contributed by atoms with Crippen LogP contribution in [-0.2, 0) is 19.2 Å². The monoisotopic (exact) mass is 794 g/mol. The molecule has 2 heterocycles. The lowest BCUT2D eigenvalue weighted by molar-refractivity contribution is -0.132. The van der Waals surface area contributed by atoms with Gasteiger partial charge in [-0.05, 0) is 83.9 Å². The van der Waals surface area contributed by atoms with E-state index in [4.69, 9.17) is 38.9 Å². The zero-order chi connectivity index (χ0) is 41.9. The van der Waals surface area contributed by atoms with Crippen LogP contribution in [0, 0.1) is 0 Å². The van der Waals surface area contributed by atoms with E-state index in [9.17, 15) is 19.2 Å². The summed E-state index contributed by atoms with van der Waals surface area (Å²) in [7, 11) is 0. The number of esters is 4. The maximum atomic E-state index is 12.2. The highest BCUT2D eigenvalue weighted by molar-refractivity contribution is 5.95. The summed E-state index contributed by atoms with van der Waals surface area (Å²) in [6.07, 6.45) is 0. The van der Waals surface area contributed by atoms with Gasteiger partial charge in [0.05, 0.1) is 22.1 Å². The fourth-order valence-corrected chi connectivity index (χ4v) is 6.84. The van der Waals surface area contributed by atoms with Crippen molar-refractivity contribution in [2.75, 3.05) is 0 Å². The van der Waals surface area contributed by atoms with Crippen LogP contribution in [0.25, 0.3) is 78.2 Å². The van der Waals surface area contributed by atoms with Crippen molar-refractivity contribution < 1.29 is 38.1 Å². The first kappa shape index (κ1) is 38.7. The molecular weight excluding hydrogens is 761 g/mol. The van der Waals surface area contributed by atoms with Gasteiger partial charge in [0.15, 0.2) is 0 Å². The standard InChI is InChI=1S/C48H34N4O8/c1-27(53)57-41-17-9-5-13-33(41)45-47(35-15-7-11-19-43(35)59-29(3)55)51-39-25-31(21-23-37(39)49-45)32-22-24-38-40(26-32)52-48(36-16-8-12-20-44(36)60-30(4)56)46(50-38)34-14-6-10-18-42(34)58-28(2)54/h5-26H,1-4H3. The van der Waals surface area contributed by atoms with Gasteiger partial charge in [0.2, 0.25) is 0 Å². The predicted molar refractivity (Wildman–Crippen MR) is 225 cm³/mol. The molecule has 6 aromatic carbocycles. The first-order valence-corrected chi connectivity index (χ1v) is 18.8. The van der Waals surface area contributed by atoms with E-state index < -0.39 is 23.9 Å². The summed E-state index contributed by atoms with van der Waals surface area (Å²) >= 11 is 0. The van der Waals surface area contributed by atoms with Crippen LogP contribution in [0.2, 0.25) is 0 Å². The van der Waals surface area contributed by atoms with Crippen LogP contribution >= 0.6 is 0 Å². The fraction of sp³-hybridized carbons (Fsp3) is 0.0833. The molecule has 0 aliphatic heterocycles. The van der Waals surface area contributed by atoms with Crippen LogP contribution in [-0.4, -0.2) is 43.8 Å². The molecule has 12 heteroatoms. The number of carbonyl (C=O) groups excluding carboxylic acids is 4. The molecule has 0 saturated carbocycles. The number of rotatable bonds is 9. The average molecular weight is 795 g/mol. The Hall–Kier alpha value is -8.12. The topological polar surface area (TPSA) is 157 Å². The quantitative estimate of drug-likeness (QED) is 0.101. The molecule has 0 radical (unpaired) electrons. The predicted octanol–water partition coefficient (Wildman–Crippen LogP) is 9.61. The van der Waals surface area contributed by atoms with E-state index in [1.807, 2.05) is 60.7 Å². The van der Waals surface area contributed by atoms with Gasteiger partial charge in [-0.1, -0.05) is 60.7 Å². The first-order valence-electron chi connectivity index (χ1n) is 18.8. The molecule has 0 spiro atoms. The van der Waals surface area contributed by atoms with Crippen LogP contribution in [0.5, 0.6) is 23.0 Å². The van der Waals surface area contributed by atoms with Gasteiger partial charge in [0, 0.05) is 49.9 Å². The second kappa shape index (κ2) is 16.4. The second-order valence-electron chi connectivity index (χ2n) is 13.6. The fourth-order valence-electron chi connectivity index (χ4n) is 6.84. The molecule has 0 N–H and O–H groups in total. The SMILES string of the molecule is CC(=O)Oc1ccccc1-c1nc2ccc(-c3ccc4nc(-c5ccccc5OC(C)=O)c(-c5ccccc5OC(C)=O)nc4c3)cc2nc1-c1ccccc1OC(C)=O. The Bertz CT molecular complexity index is 2830. The van der Waals surface area contributed by atoms with E-state index in [0.29, 0.717) is 78.6 Å². The van der Waals surface area contributed by atoms with Gasteiger partial charge < -0.3 is 18.9 Å². The third kappa shape index (κ3) is 8.02. The lowest BCUT2D eigenvalue weighted by atomic mass is 10.00. The van der Waals surface area contributed by atoms with Crippen molar-refractivity contribution in [3.05, 3.63) is 133 Å². The molecular formula is C48H34N4O8. The third-order valence-electron chi connectivity index (χ3n) is 9.25. The third-order valence-corrected chi connectivity index (χ3v) is 9.25. The summed E-state index contributed by atoms with van der Waals surface area (Å²) in [5, 5.41) is 0. The molecule has 0 aliphatic rings. The summed E-state index contributed by atoms with van der Waals surface area (Å²) in [6, 6.07) is 39.5. The number of ether oxygens (including phenoxy) is 4. The van der Waals surface area contributed by atoms with Gasteiger partial charge in [-0.25, -0.2) is 19.9 Å². The highest BCUT2D eigenvalue weighted by atomic mass is 16.5. The highest BCUT2D eigenvalue weighted by Gasteiger charge is 2.23. The summed E-state index contributed by atoms with van der Waals surface area (Å²) in [4.78, 5) is 68.9. The summed E-state index contributed by atoms with van der Waals surface area (Å²) in [6.45, 7) is 5.30. The Balaban J connectivity index is 1.31. The lowest BCUT2D eigenvalue weighted by Gasteiger charge is -2.16. The highest BCUT2D eigenvalue weighted by Crippen LogP contribution is 2.42. The minimum absolute atomic E-state index is 0.287. The van der Waals surface area contributed by atoms with Crippen molar-refractivity contribution in [1.82, 2.24) is 19.9 Å². The summed E-state index contributed by atoms with van der Waals surface area (Å²) in [5.74, 6) is -0.821. The zero-order valence-corrected chi connectivity index (χ0v) is 32.8. The number of hydrogen-bond donors (Lipinski definition) is 0. The van der Waals surface area contributed by atoms with Crippen molar-refractivity contribution in [1.29, 1.82) is 0 Å². The van der Waals surface area contributed by atoms with Crippen molar-refractivity contribution in [3.63, 3.8) is 0 Å². The molecule has 8 rings (SSSR count). The lowest BCUT2D eigenvalue weighted by Crippen LogP contribution is -2.06. The van der Waals surface area contributed by atoms with Gasteiger partial charge in [0.1, 0.15) is 45.8 Å². The van der Waals surface area contributed by atoms with Gasteiger partial charge in [-0.3, -0.25) is 19.2 Å². The Labute approximate surface area is 343 Å². The number of carbonyl (C=O) groups is 4. The Morgan fingerprint density at radius 3 is 0.850 bits per heavy atom. The minimum Gasteiger partial charge on any atom is -0.426 e. The first-order chi connectivity index (χ1) is 29.0. The number of hydrogen-bond acceptors (Lipinski definition) is 12. The normalized spacial score (nSPS) is 10.9. The average Bonchev–Trinajstić information content (AvgIpc) is 3.22. The van der Waals surface area contributed by atoms with E-state index >= 15 is 0 Å². The Kier molecular flexibility index (Phi) is 10.6. The molecule has 0 atom stereocenters. The van der Waals surface area contributed by atoms with Crippen LogP contribution in [0.15, 0.2) is 133 Å². The molecule has 0 bridgehead atoms. The number of fused-ring (bicyclic) bond motifs is 2. The van der Waals surface area contributed by atoms with Crippen molar-refractivity contribution in [2.24, 2.45) is 0 Å². The van der Waals surface area contributed by atoms with E-state index in [-0.39, 0.29) is 11.5 Å². The van der Waals surface area contributed by atoms with Crippen molar-refractivity contribution in [2.45, 2.75) is 27.7 Å². The molecule has 0 amide bonds. The molecule has 12 nitrogen and oxygen atoms in total. The smallest absolute Gasteiger partial charge is 0.308 e. The van der Waals surface area contributed by atoms with E-state index in [1.165, 1.54) is 27.7 Å². The van der Waals surface area contributed by atoms with E-state index in [1.54, 1.807) is 72.8 Å².